The van der Waals surface area contributed by atoms with E-state index in [4.69, 9.17) is 13.9 Å². The number of hydrogen-bond acceptors (Lipinski definition) is 6. The minimum absolute atomic E-state index is 0.131. The van der Waals surface area contributed by atoms with E-state index in [9.17, 15) is 4.79 Å². The number of hydrogen-bond donors (Lipinski definition) is 0. The third-order valence-corrected chi connectivity index (χ3v) is 4.74. The minimum Gasteiger partial charge on any atom is -0.493 e. The quantitative estimate of drug-likeness (QED) is 0.850. The Hall–Kier alpha value is -2.41. The Morgan fingerprint density at radius 3 is 3.00 bits per heavy atom. The fraction of sp³-hybridized carbons (Fsp3) is 0.500. The normalized spacial score (nSPS) is 23.0. The minimum atomic E-state index is -0.346. The smallest absolute Gasteiger partial charge is 0.246 e. The number of rotatable bonds is 3. The summed E-state index contributed by atoms with van der Waals surface area (Å²) in [6.45, 7) is 3.91. The molecule has 2 aromatic rings. The zero-order valence-electron chi connectivity index (χ0n) is 14.2. The zero-order chi connectivity index (χ0) is 17.2. The molecular formula is C18H21N3O4. The van der Waals surface area contributed by atoms with Gasteiger partial charge in [0.2, 0.25) is 17.7 Å². The van der Waals surface area contributed by atoms with Crippen LogP contribution in [0.2, 0.25) is 0 Å². The number of amides is 1. The van der Waals surface area contributed by atoms with Gasteiger partial charge in [-0.3, -0.25) is 4.79 Å². The molecule has 2 aliphatic rings. The molecule has 4 rings (SSSR count). The third kappa shape index (κ3) is 3.37. The van der Waals surface area contributed by atoms with Crippen LogP contribution in [0.3, 0.4) is 0 Å². The molecule has 2 aliphatic heterocycles. The molecule has 1 aromatic carbocycles. The standard InChI is InChI=1S/C18H21N3O4/c1-12-19-20-18(25-12)16-11-21(7-9-24-16)17(22)10-13-6-8-23-15-5-3-2-4-14(13)15/h2-5,13,16H,6-11H2,1H3/t13-,16-/m0/s1. The van der Waals surface area contributed by atoms with Crippen LogP contribution in [0.25, 0.3) is 0 Å². The molecule has 1 amide bonds. The van der Waals surface area contributed by atoms with Gasteiger partial charge in [0.05, 0.1) is 19.8 Å². The fourth-order valence-corrected chi connectivity index (χ4v) is 3.43. The number of aryl methyl sites for hydroxylation is 1. The van der Waals surface area contributed by atoms with E-state index in [0.717, 1.165) is 17.7 Å². The summed E-state index contributed by atoms with van der Waals surface area (Å²) in [5.41, 5.74) is 1.12. The highest BCUT2D eigenvalue weighted by Crippen LogP contribution is 2.36. The zero-order valence-corrected chi connectivity index (χ0v) is 14.2. The lowest BCUT2D eigenvalue weighted by atomic mass is 9.90. The Kier molecular flexibility index (Phi) is 4.40. The van der Waals surface area contributed by atoms with Crippen molar-refractivity contribution >= 4 is 5.91 Å². The Labute approximate surface area is 145 Å². The first-order valence-electron chi connectivity index (χ1n) is 8.62. The van der Waals surface area contributed by atoms with Gasteiger partial charge in [0.25, 0.3) is 0 Å². The van der Waals surface area contributed by atoms with E-state index in [0.29, 0.717) is 44.5 Å². The van der Waals surface area contributed by atoms with Gasteiger partial charge in [0, 0.05) is 19.9 Å². The van der Waals surface area contributed by atoms with Gasteiger partial charge in [0.1, 0.15) is 5.75 Å². The van der Waals surface area contributed by atoms with E-state index in [1.54, 1.807) is 6.92 Å². The van der Waals surface area contributed by atoms with Gasteiger partial charge in [-0.05, 0) is 24.0 Å². The van der Waals surface area contributed by atoms with Crippen LogP contribution in [0, 0.1) is 6.92 Å². The van der Waals surface area contributed by atoms with Gasteiger partial charge in [-0.2, -0.15) is 0 Å². The van der Waals surface area contributed by atoms with Crippen LogP contribution in [-0.2, 0) is 9.53 Å². The van der Waals surface area contributed by atoms with E-state index in [2.05, 4.69) is 16.3 Å². The molecule has 0 saturated carbocycles. The Morgan fingerprint density at radius 1 is 1.28 bits per heavy atom. The van der Waals surface area contributed by atoms with Crippen molar-refractivity contribution in [1.82, 2.24) is 15.1 Å². The molecule has 1 fully saturated rings. The Morgan fingerprint density at radius 2 is 2.16 bits per heavy atom. The number of benzene rings is 1. The lowest BCUT2D eigenvalue weighted by molar-refractivity contribution is -0.140. The van der Waals surface area contributed by atoms with Crippen LogP contribution in [0.15, 0.2) is 28.7 Å². The highest BCUT2D eigenvalue weighted by atomic mass is 16.5. The second-order valence-corrected chi connectivity index (χ2v) is 6.43. The summed E-state index contributed by atoms with van der Waals surface area (Å²) in [6, 6.07) is 7.97. The van der Waals surface area contributed by atoms with Gasteiger partial charge >= 0.3 is 0 Å². The highest BCUT2D eigenvalue weighted by Gasteiger charge is 2.31. The summed E-state index contributed by atoms with van der Waals surface area (Å²) in [4.78, 5) is 14.7. The van der Waals surface area contributed by atoms with E-state index in [1.807, 2.05) is 23.1 Å². The molecule has 7 nitrogen and oxygen atoms in total. The molecule has 0 radical (unpaired) electrons. The van der Waals surface area contributed by atoms with Crippen LogP contribution in [0.5, 0.6) is 5.75 Å². The van der Waals surface area contributed by atoms with Crippen LogP contribution >= 0.6 is 0 Å². The maximum Gasteiger partial charge on any atom is 0.246 e. The molecule has 7 heteroatoms. The summed E-state index contributed by atoms with van der Waals surface area (Å²) in [7, 11) is 0. The number of morpholine rings is 1. The Bertz CT molecular complexity index is 760. The fourth-order valence-electron chi connectivity index (χ4n) is 3.43. The van der Waals surface area contributed by atoms with E-state index < -0.39 is 0 Å². The molecule has 0 N–H and O–H groups in total. The van der Waals surface area contributed by atoms with Gasteiger partial charge in [-0.15, -0.1) is 10.2 Å². The molecule has 0 bridgehead atoms. The number of carbonyl (C=O) groups is 1. The lowest BCUT2D eigenvalue weighted by Crippen LogP contribution is -2.43. The SMILES string of the molecule is Cc1nnc([C@@H]2CN(C(=O)C[C@@H]3CCOc4ccccc43)CCO2)o1. The van der Waals surface area contributed by atoms with E-state index in [-0.39, 0.29) is 17.9 Å². The van der Waals surface area contributed by atoms with E-state index >= 15 is 0 Å². The first-order valence-corrected chi connectivity index (χ1v) is 8.62. The van der Waals surface area contributed by atoms with Crippen molar-refractivity contribution in [2.75, 3.05) is 26.3 Å². The van der Waals surface area contributed by atoms with Gasteiger partial charge in [-0.1, -0.05) is 18.2 Å². The molecular weight excluding hydrogens is 322 g/mol. The average molecular weight is 343 g/mol. The van der Waals surface area contributed by atoms with Crippen molar-refractivity contribution in [3.8, 4) is 5.75 Å². The van der Waals surface area contributed by atoms with Crippen LogP contribution in [0.4, 0.5) is 0 Å². The van der Waals surface area contributed by atoms with E-state index in [1.165, 1.54) is 0 Å². The Balaban J connectivity index is 1.43. The molecule has 0 unspecified atom stereocenters. The number of para-hydroxylation sites is 1. The number of carbonyl (C=O) groups excluding carboxylic acids is 1. The summed E-state index contributed by atoms with van der Waals surface area (Å²) in [5.74, 6) is 2.16. The first-order chi connectivity index (χ1) is 12.2. The maximum atomic E-state index is 12.8. The van der Waals surface area contributed by atoms with Crippen molar-refractivity contribution in [3.63, 3.8) is 0 Å². The summed E-state index contributed by atoms with van der Waals surface area (Å²) in [5, 5.41) is 7.85. The molecule has 2 atom stereocenters. The largest absolute Gasteiger partial charge is 0.493 e. The number of aromatic nitrogens is 2. The van der Waals surface area contributed by atoms with Gasteiger partial charge in [0.15, 0.2) is 6.10 Å². The average Bonchev–Trinajstić information content (AvgIpc) is 3.09. The van der Waals surface area contributed by atoms with Crippen molar-refractivity contribution in [2.45, 2.75) is 31.8 Å². The summed E-state index contributed by atoms with van der Waals surface area (Å²) >= 11 is 0. The molecule has 0 aliphatic carbocycles. The molecule has 132 valence electrons. The second-order valence-electron chi connectivity index (χ2n) is 6.43. The summed E-state index contributed by atoms with van der Waals surface area (Å²) < 4.78 is 16.8. The molecule has 1 saturated heterocycles. The van der Waals surface area contributed by atoms with Crippen molar-refractivity contribution in [3.05, 3.63) is 41.6 Å². The summed E-state index contributed by atoms with van der Waals surface area (Å²) in [6.07, 6.45) is 0.996. The number of nitrogens with zero attached hydrogens (tertiary/aromatic N) is 3. The van der Waals surface area contributed by atoms with Crippen molar-refractivity contribution in [2.24, 2.45) is 0 Å². The third-order valence-electron chi connectivity index (χ3n) is 4.74. The van der Waals surface area contributed by atoms with Crippen LogP contribution < -0.4 is 4.74 Å². The van der Waals surface area contributed by atoms with Gasteiger partial charge < -0.3 is 18.8 Å². The monoisotopic (exact) mass is 343 g/mol. The number of ether oxygens (including phenoxy) is 2. The predicted octanol–water partition coefficient (Wildman–Crippen LogP) is 2.23. The van der Waals surface area contributed by atoms with Gasteiger partial charge in [-0.25, -0.2) is 0 Å². The second kappa shape index (κ2) is 6.84. The van der Waals surface area contributed by atoms with Crippen LogP contribution in [0.1, 0.15) is 42.2 Å². The predicted molar refractivity (Wildman–Crippen MR) is 88.2 cm³/mol. The number of fused-ring (bicyclic) bond motifs is 1. The van der Waals surface area contributed by atoms with Crippen molar-refractivity contribution < 1.29 is 18.7 Å². The first kappa shape index (κ1) is 16.1. The highest BCUT2D eigenvalue weighted by molar-refractivity contribution is 5.77. The molecule has 25 heavy (non-hydrogen) atoms. The maximum absolute atomic E-state index is 12.8. The van der Waals surface area contributed by atoms with Crippen molar-refractivity contribution in [1.29, 1.82) is 0 Å². The van der Waals surface area contributed by atoms with Crippen LogP contribution in [-0.4, -0.2) is 47.3 Å². The molecule has 0 spiro atoms. The molecule has 1 aromatic heterocycles. The molecule has 3 heterocycles. The lowest BCUT2D eigenvalue weighted by Gasteiger charge is -2.33. The topological polar surface area (TPSA) is 77.7 Å².